The van der Waals surface area contributed by atoms with Crippen LogP contribution in [0.1, 0.15) is 5.56 Å². The summed E-state index contributed by atoms with van der Waals surface area (Å²) in [6.45, 7) is 2.12. The van der Waals surface area contributed by atoms with Crippen LogP contribution in [0.15, 0.2) is 36.7 Å². The molecular formula is C12H9NS. The van der Waals surface area contributed by atoms with E-state index in [-0.39, 0.29) is 0 Å². The minimum Gasteiger partial charge on any atom is -0.264 e. The van der Waals surface area contributed by atoms with Gasteiger partial charge in [0.2, 0.25) is 0 Å². The third kappa shape index (κ3) is 0.976. The number of hydrogen-bond donors (Lipinski definition) is 0. The summed E-state index contributed by atoms with van der Waals surface area (Å²) in [5.41, 5.74) is 1.27. The summed E-state index contributed by atoms with van der Waals surface area (Å²) in [6.07, 6.45) is 3.89. The zero-order chi connectivity index (χ0) is 9.54. The zero-order valence-electron chi connectivity index (χ0n) is 7.82. The SMILES string of the molecule is Cc1cncc2c1sc1ccccc12. The van der Waals surface area contributed by atoms with Crippen LogP contribution in [0.4, 0.5) is 0 Å². The van der Waals surface area contributed by atoms with Crippen molar-refractivity contribution in [2.24, 2.45) is 0 Å². The second-order valence-corrected chi connectivity index (χ2v) is 4.48. The van der Waals surface area contributed by atoms with Gasteiger partial charge < -0.3 is 0 Å². The normalized spacial score (nSPS) is 11.2. The molecule has 0 aliphatic heterocycles. The zero-order valence-corrected chi connectivity index (χ0v) is 8.64. The molecule has 0 saturated carbocycles. The van der Waals surface area contributed by atoms with Crippen molar-refractivity contribution in [1.29, 1.82) is 0 Å². The fraction of sp³-hybridized carbons (Fsp3) is 0.0833. The number of hydrogen-bond acceptors (Lipinski definition) is 2. The van der Waals surface area contributed by atoms with E-state index in [2.05, 4.69) is 36.2 Å². The topological polar surface area (TPSA) is 12.9 Å². The first-order chi connectivity index (χ1) is 6.86. The fourth-order valence-corrected chi connectivity index (χ4v) is 2.91. The van der Waals surface area contributed by atoms with Gasteiger partial charge in [-0.25, -0.2) is 0 Å². The van der Waals surface area contributed by atoms with E-state index in [1.54, 1.807) is 0 Å². The standard InChI is InChI=1S/C12H9NS/c1-8-6-13-7-10-9-4-2-3-5-11(9)14-12(8)10/h2-7H,1H3. The largest absolute Gasteiger partial charge is 0.264 e. The van der Waals surface area contributed by atoms with Gasteiger partial charge in [-0.3, -0.25) is 4.98 Å². The molecule has 3 aromatic rings. The van der Waals surface area contributed by atoms with Crippen molar-refractivity contribution in [2.45, 2.75) is 6.92 Å². The number of aryl methyl sites for hydroxylation is 1. The van der Waals surface area contributed by atoms with Gasteiger partial charge >= 0.3 is 0 Å². The highest BCUT2D eigenvalue weighted by molar-refractivity contribution is 7.26. The summed E-state index contributed by atoms with van der Waals surface area (Å²) in [6, 6.07) is 8.49. The average Bonchev–Trinajstić information content (AvgIpc) is 2.59. The van der Waals surface area contributed by atoms with Crippen LogP contribution in [0.5, 0.6) is 0 Å². The Kier molecular flexibility index (Phi) is 1.58. The molecule has 2 heteroatoms. The summed E-state index contributed by atoms with van der Waals surface area (Å²) in [5, 5.41) is 2.61. The molecule has 1 nitrogen and oxygen atoms in total. The molecule has 68 valence electrons. The number of fused-ring (bicyclic) bond motifs is 3. The van der Waals surface area contributed by atoms with Gasteiger partial charge in [0.15, 0.2) is 0 Å². The highest BCUT2D eigenvalue weighted by atomic mass is 32.1. The van der Waals surface area contributed by atoms with Gasteiger partial charge in [0, 0.05) is 32.6 Å². The Morgan fingerprint density at radius 3 is 2.86 bits per heavy atom. The van der Waals surface area contributed by atoms with Gasteiger partial charge in [-0.05, 0) is 18.6 Å². The van der Waals surface area contributed by atoms with Crippen molar-refractivity contribution >= 4 is 31.5 Å². The van der Waals surface area contributed by atoms with Crippen LogP contribution < -0.4 is 0 Å². The number of aromatic nitrogens is 1. The lowest BCUT2D eigenvalue weighted by Crippen LogP contribution is -1.74. The molecule has 1 aromatic carbocycles. The van der Waals surface area contributed by atoms with Gasteiger partial charge in [0.05, 0.1) is 0 Å². The van der Waals surface area contributed by atoms with Crippen molar-refractivity contribution in [2.75, 3.05) is 0 Å². The minimum absolute atomic E-state index is 1.27. The summed E-state index contributed by atoms with van der Waals surface area (Å²) >= 11 is 1.85. The Morgan fingerprint density at radius 2 is 1.93 bits per heavy atom. The molecule has 2 aromatic heterocycles. The van der Waals surface area contributed by atoms with Crippen LogP contribution in [0.25, 0.3) is 20.2 Å². The van der Waals surface area contributed by atoms with Gasteiger partial charge in [0.25, 0.3) is 0 Å². The highest BCUT2D eigenvalue weighted by Gasteiger charge is 2.05. The molecule has 14 heavy (non-hydrogen) atoms. The third-order valence-corrected chi connectivity index (χ3v) is 3.79. The molecule has 0 spiro atoms. The van der Waals surface area contributed by atoms with Gasteiger partial charge in [-0.1, -0.05) is 18.2 Å². The predicted molar refractivity (Wildman–Crippen MR) is 61.9 cm³/mol. The summed E-state index contributed by atoms with van der Waals surface area (Å²) in [5.74, 6) is 0. The molecule has 0 saturated heterocycles. The van der Waals surface area contributed by atoms with Crippen LogP contribution in [0, 0.1) is 6.92 Å². The number of thiophene rings is 1. The summed E-state index contributed by atoms with van der Waals surface area (Å²) < 4.78 is 2.71. The predicted octanol–water partition coefficient (Wildman–Crippen LogP) is 3.76. The molecule has 0 N–H and O–H groups in total. The van der Waals surface area contributed by atoms with Crippen LogP contribution in [-0.2, 0) is 0 Å². The van der Waals surface area contributed by atoms with E-state index in [1.807, 2.05) is 23.7 Å². The second-order valence-electron chi connectivity index (χ2n) is 3.43. The van der Waals surface area contributed by atoms with Crippen molar-refractivity contribution in [3.8, 4) is 0 Å². The molecular weight excluding hydrogens is 190 g/mol. The Hall–Kier alpha value is -1.41. The Bertz CT molecular complexity index is 610. The quantitative estimate of drug-likeness (QED) is 0.537. The Labute approximate surface area is 86.0 Å². The maximum absolute atomic E-state index is 4.24. The monoisotopic (exact) mass is 199 g/mol. The van der Waals surface area contributed by atoms with Crippen LogP contribution in [0.2, 0.25) is 0 Å². The fourth-order valence-electron chi connectivity index (χ4n) is 1.77. The first-order valence-corrected chi connectivity index (χ1v) is 5.40. The van der Waals surface area contributed by atoms with E-state index in [0.717, 1.165) is 0 Å². The van der Waals surface area contributed by atoms with Crippen LogP contribution in [-0.4, -0.2) is 4.98 Å². The minimum atomic E-state index is 1.27. The molecule has 3 rings (SSSR count). The smallest absolute Gasteiger partial charge is 0.0415 e. The van der Waals surface area contributed by atoms with Gasteiger partial charge in [-0.15, -0.1) is 11.3 Å². The molecule has 0 aliphatic rings. The van der Waals surface area contributed by atoms with Gasteiger partial charge in [-0.2, -0.15) is 0 Å². The maximum atomic E-state index is 4.24. The molecule has 0 bridgehead atoms. The Balaban J connectivity index is 2.63. The summed E-state index contributed by atoms with van der Waals surface area (Å²) in [7, 11) is 0. The molecule has 0 amide bonds. The molecule has 0 atom stereocenters. The van der Waals surface area contributed by atoms with E-state index in [4.69, 9.17) is 0 Å². The van der Waals surface area contributed by atoms with Crippen molar-refractivity contribution in [3.05, 3.63) is 42.2 Å². The van der Waals surface area contributed by atoms with E-state index in [9.17, 15) is 0 Å². The van der Waals surface area contributed by atoms with Crippen molar-refractivity contribution < 1.29 is 0 Å². The molecule has 0 unspecified atom stereocenters. The van der Waals surface area contributed by atoms with Crippen molar-refractivity contribution in [3.63, 3.8) is 0 Å². The first kappa shape index (κ1) is 7.94. The van der Waals surface area contributed by atoms with E-state index in [1.165, 1.54) is 25.7 Å². The van der Waals surface area contributed by atoms with E-state index >= 15 is 0 Å². The molecule has 2 heterocycles. The number of benzene rings is 1. The summed E-state index contributed by atoms with van der Waals surface area (Å²) in [4.78, 5) is 4.24. The lowest BCUT2D eigenvalue weighted by atomic mass is 10.2. The maximum Gasteiger partial charge on any atom is 0.0415 e. The number of pyridine rings is 1. The van der Waals surface area contributed by atoms with Crippen molar-refractivity contribution in [1.82, 2.24) is 4.98 Å². The molecule has 0 fully saturated rings. The third-order valence-electron chi connectivity index (χ3n) is 2.46. The Morgan fingerprint density at radius 1 is 1.07 bits per heavy atom. The lowest BCUT2D eigenvalue weighted by Gasteiger charge is -1.92. The lowest BCUT2D eigenvalue weighted by molar-refractivity contribution is 1.32. The molecule has 0 radical (unpaired) electrons. The van der Waals surface area contributed by atoms with E-state index in [0.29, 0.717) is 0 Å². The van der Waals surface area contributed by atoms with E-state index < -0.39 is 0 Å². The van der Waals surface area contributed by atoms with Crippen LogP contribution in [0.3, 0.4) is 0 Å². The highest BCUT2D eigenvalue weighted by Crippen LogP contribution is 2.34. The van der Waals surface area contributed by atoms with Crippen LogP contribution >= 0.6 is 11.3 Å². The second kappa shape index (κ2) is 2.79. The number of nitrogens with zero attached hydrogens (tertiary/aromatic N) is 1. The van der Waals surface area contributed by atoms with Gasteiger partial charge in [0.1, 0.15) is 0 Å². The number of rotatable bonds is 0. The average molecular weight is 199 g/mol. The molecule has 0 aliphatic carbocycles. The first-order valence-electron chi connectivity index (χ1n) is 4.58.